The first-order valence-electron chi connectivity index (χ1n) is 6.57. The molecule has 1 aromatic carbocycles. The number of hydrogen-bond donors (Lipinski definition) is 3. The van der Waals surface area contributed by atoms with Gasteiger partial charge in [0.15, 0.2) is 0 Å². The van der Waals surface area contributed by atoms with Crippen molar-refractivity contribution < 1.29 is 13.2 Å². The third-order valence-corrected chi connectivity index (χ3v) is 4.26. The number of hydrogen-bond acceptors (Lipinski definition) is 4. The number of carbonyl (C=O) groups excluding carboxylic acids is 1. The number of benzene rings is 1. The molecule has 20 heavy (non-hydrogen) atoms. The van der Waals surface area contributed by atoms with Crippen molar-refractivity contribution in [3.63, 3.8) is 0 Å². The first-order valence-corrected chi connectivity index (χ1v) is 8.05. The lowest BCUT2D eigenvalue weighted by Crippen LogP contribution is -2.35. The van der Waals surface area contributed by atoms with E-state index < -0.39 is 16.1 Å². The van der Waals surface area contributed by atoms with Crippen molar-refractivity contribution >= 4 is 21.6 Å². The van der Waals surface area contributed by atoms with E-state index in [9.17, 15) is 13.2 Å². The van der Waals surface area contributed by atoms with E-state index in [0.717, 1.165) is 6.42 Å². The molecule has 0 aliphatic heterocycles. The summed E-state index contributed by atoms with van der Waals surface area (Å²) in [6.45, 7) is 3.99. The van der Waals surface area contributed by atoms with Gasteiger partial charge in [-0.3, -0.25) is 4.79 Å². The Hall–Kier alpha value is -1.44. The molecule has 0 bridgehead atoms. The lowest BCUT2D eigenvalue weighted by molar-refractivity contribution is -0.117. The van der Waals surface area contributed by atoms with Crippen molar-refractivity contribution in [2.24, 2.45) is 5.73 Å². The molecule has 0 aliphatic carbocycles. The number of amides is 1. The highest BCUT2D eigenvalue weighted by Crippen LogP contribution is 2.14. The molecular formula is C13H21N3O3S. The van der Waals surface area contributed by atoms with Gasteiger partial charge in [0.1, 0.15) is 0 Å². The summed E-state index contributed by atoms with van der Waals surface area (Å²) in [7, 11) is -3.47. The smallest absolute Gasteiger partial charge is 0.241 e. The molecule has 0 aliphatic rings. The van der Waals surface area contributed by atoms with Crippen molar-refractivity contribution in [2.75, 3.05) is 11.9 Å². The molecule has 1 atom stereocenters. The molecule has 0 heterocycles. The molecule has 7 heteroatoms. The number of carbonyl (C=O) groups is 1. The van der Waals surface area contributed by atoms with E-state index in [1.807, 2.05) is 6.92 Å². The van der Waals surface area contributed by atoms with Gasteiger partial charge in [-0.25, -0.2) is 13.1 Å². The van der Waals surface area contributed by atoms with Gasteiger partial charge in [-0.2, -0.15) is 0 Å². The average molecular weight is 299 g/mol. The summed E-state index contributed by atoms with van der Waals surface area (Å²) in [4.78, 5) is 11.9. The van der Waals surface area contributed by atoms with Crippen LogP contribution in [0.5, 0.6) is 0 Å². The van der Waals surface area contributed by atoms with Crippen LogP contribution >= 0.6 is 0 Å². The third kappa shape index (κ3) is 4.59. The zero-order valence-electron chi connectivity index (χ0n) is 11.7. The summed E-state index contributed by atoms with van der Waals surface area (Å²) in [5.41, 5.74) is 6.22. The normalized spacial score (nSPS) is 12.9. The van der Waals surface area contributed by atoms with Crippen LogP contribution in [0.4, 0.5) is 5.69 Å². The van der Waals surface area contributed by atoms with Gasteiger partial charge in [-0.1, -0.05) is 20.3 Å². The molecule has 0 saturated carbocycles. The fourth-order valence-corrected chi connectivity index (χ4v) is 2.71. The quantitative estimate of drug-likeness (QED) is 0.700. The van der Waals surface area contributed by atoms with Gasteiger partial charge in [0.05, 0.1) is 10.9 Å². The van der Waals surface area contributed by atoms with Gasteiger partial charge in [-0.05, 0) is 30.7 Å². The van der Waals surface area contributed by atoms with Crippen LogP contribution in [0.15, 0.2) is 29.2 Å². The minimum atomic E-state index is -3.47. The predicted molar refractivity (Wildman–Crippen MR) is 78.8 cm³/mol. The van der Waals surface area contributed by atoms with Crippen LogP contribution in [-0.2, 0) is 14.8 Å². The maximum Gasteiger partial charge on any atom is 0.241 e. The van der Waals surface area contributed by atoms with Gasteiger partial charge in [0.2, 0.25) is 15.9 Å². The Labute approximate surface area is 119 Å². The topological polar surface area (TPSA) is 101 Å². The highest BCUT2D eigenvalue weighted by Gasteiger charge is 2.14. The van der Waals surface area contributed by atoms with E-state index in [-0.39, 0.29) is 10.8 Å². The van der Waals surface area contributed by atoms with Crippen molar-refractivity contribution in [1.29, 1.82) is 0 Å². The molecule has 0 fully saturated rings. The highest BCUT2D eigenvalue weighted by molar-refractivity contribution is 7.89. The van der Waals surface area contributed by atoms with Crippen molar-refractivity contribution in [2.45, 2.75) is 37.6 Å². The zero-order chi connectivity index (χ0) is 15.2. The monoisotopic (exact) mass is 299 g/mol. The number of nitrogens with one attached hydrogen (secondary N) is 2. The van der Waals surface area contributed by atoms with Gasteiger partial charge >= 0.3 is 0 Å². The maximum absolute atomic E-state index is 11.7. The number of rotatable bonds is 7. The summed E-state index contributed by atoms with van der Waals surface area (Å²) in [6, 6.07) is 5.42. The summed E-state index contributed by atoms with van der Waals surface area (Å²) < 4.78 is 25.9. The van der Waals surface area contributed by atoms with E-state index in [0.29, 0.717) is 18.7 Å². The van der Waals surface area contributed by atoms with Crippen LogP contribution in [0.2, 0.25) is 0 Å². The van der Waals surface area contributed by atoms with Crippen LogP contribution in [0.1, 0.15) is 26.7 Å². The average Bonchev–Trinajstić information content (AvgIpc) is 2.39. The molecule has 0 radical (unpaired) electrons. The minimum absolute atomic E-state index is 0.162. The van der Waals surface area contributed by atoms with Crippen molar-refractivity contribution in [1.82, 2.24) is 4.72 Å². The van der Waals surface area contributed by atoms with Crippen LogP contribution < -0.4 is 15.8 Å². The Kier molecular flexibility index (Phi) is 6.12. The van der Waals surface area contributed by atoms with Gasteiger partial charge in [-0.15, -0.1) is 0 Å². The lowest BCUT2D eigenvalue weighted by Gasteiger charge is -2.11. The van der Waals surface area contributed by atoms with Crippen LogP contribution in [-0.4, -0.2) is 26.9 Å². The van der Waals surface area contributed by atoms with E-state index in [2.05, 4.69) is 10.0 Å². The molecule has 1 amide bonds. The van der Waals surface area contributed by atoms with E-state index in [1.54, 1.807) is 19.1 Å². The summed E-state index contributed by atoms with van der Waals surface area (Å²) in [6.07, 6.45) is 1.44. The third-order valence-electron chi connectivity index (χ3n) is 2.70. The Morgan fingerprint density at radius 3 is 2.35 bits per heavy atom. The summed E-state index contributed by atoms with van der Waals surface area (Å²) >= 11 is 0. The second-order valence-electron chi connectivity index (χ2n) is 4.41. The Morgan fingerprint density at radius 1 is 1.25 bits per heavy atom. The fourth-order valence-electron chi connectivity index (χ4n) is 1.67. The van der Waals surface area contributed by atoms with Crippen molar-refractivity contribution in [3.8, 4) is 0 Å². The van der Waals surface area contributed by atoms with Gasteiger partial charge in [0, 0.05) is 12.2 Å². The highest BCUT2D eigenvalue weighted by atomic mass is 32.2. The maximum atomic E-state index is 11.7. The molecule has 112 valence electrons. The first kappa shape index (κ1) is 16.6. The predicted octanol–water partition coefficient (Wildman–Crippen LogP) is 1.05. The second-order valence-corrected chi connectivity index (χ2v) is 6.18. The van der Waals surface area contributed by atoms with Crippen LogP contribution in [0.25, 0.3) is 0 Å². The van der Waals surface area contributed by atoms with Gasteiger partial charge < -0.3 is 11.1 Å². The van der Waals surface area contributed by atoms with E-state index in [4.69, 9.17) is 5.73 Å². The minimum Gasteiger partial charge on any atom is -0.325 e. The summed E-state index contributed by atoms with van der Waals surface area (Å²) in [5.74, 6) is -0.269. The Bertz CT molecular complexity index is 540. The van der Waals surface area contributed by atoms with Crippen molar-refractivity contribution in [3.05, 3.63) is 24.3 Å². The first-order chi connectivity index (χ1) is 9.40. The standard InChI is InChI=1S/C13H21N3O3S/c1-3-5-12(14)13(17)16-10-6-8-11(9-7-10)20(18,19)15-4-2/h6-9,12,15H,3-5,14H2,1-2H3,(H,16,17)/t12-/m0/s1. The van der Waals surface area contributed by atoms with Gasteiger partial charge in [0.25, 0.3) is 0 Å². The Balaban J connectivity index is 2.75. The molecule has 4 N–H and O–H groups in total. The number of anilines is 1. The number of sulfonamides is 1. The second kappa shape index (κ2) is 7.37. The lowest BCUT2D eigenvalue weighted by atomic mass is 10.1. The molecule has 1 rings (SSSR count). The molecule has 0 unspecified atom stereocenters. The largest absolute Gasteiger partial charge is 0.325 e. The number of nitrogens with two attached hydrogens (primary N) is 1. The fraction of sp³-hybridized carbons (Fsp3) is 0.462. The summed E-state index contributed by atoms with van der Waals surface area (Å²) in [5, 5.41) is 2.66. The zero-order valence-corrected chi connectivity index (χ0v) is 12.5. The molecule has 0 saturated heterocycles. The van der Waals surface area contributed by atoms with Crippen LogP contribution in [0, 0.1) is 0 Å². The molecular weight excluding hydrogens is 278 g/mol. The molecule has 0 aromatic heterocycles. The SMILES string of the molecule is CCC[C@H](N)C(=O)Nc1ccc(S(=O)(=O)NCC)cc1. The molecule has 0 spiro atoms. The Morgan fingerprint density at radius 2 is 1.85 bits per heavy atom. The van der Waals surface area contributed by atoms with E-state index >= 15 is 0 Å². The molecule has 1 aromatic rings. The molecule has 6 nitrogen and oxygen atoms in total. The van der Waals surface area contributed by atoms with E-state index in [1.165, 1.54) is 12.1 Å². The van der Waals surface area contributed by atoms with Crippen LogP contribution in [0.3, 0.4) is 0 Å².